The number of aromatic amines is 1. The second kappa shape index (κ2) is 2.55. The van der Waals surface area contributed by atoms with Crippen molar-refractivity contribution in [2.24, 2.45) is 0 Å². The fraction of sp³-hybridized carbons (Fsp3) is 0.125. The minimum absolute atomic E-state index is 0.251. The van der Waals surface area contributed by atoms with Crippen LogP contribution < -0.4 is 0 Å². The molecule has 0 aliphatic rings. The number of fused-ring (bicyclic) bond motifs is 1. The van der Waals surface area contributed by atoms with Gasteiger partial charge in [-0.3, -0.25) is 0 Å². The zero-order chi connectivity index (χ0) is 8.72. The van der Waals surface area contributed by atoms with Gasteiger partial charge in [0.25, 0.3) is 0 Å². The highest BCUT2D eigenvalue weighted by molar-refractivity contribution is 9.10. The summed E-state index contributed by atoms with van der Waals surface area (Å²) in [6, 6.07) is 0. The molecular formula is C8H6BrFN2. The first-order chi connectivity index (χ1) is 5.70. The molecule has 2 aromatic heterocycles. The first-order valence-electron chi connectivity index (χ1n) is 3.48. The van der Waals surface area contributed by atoms with Gasteiger partial charge in [-0.15, -0.1) is 0 Å². The Labute approximate surface area is 76.9 Å². The molecule has 2 rings (SSSR count). The third-order valence-corrected chi connectivity index (χ3v) is 2.35. The highest BCUT2D eigenvalue weighted by Gasteiger charge is 2.09. The highest BCUT2D eigenvalue weighted by atomic mass is 79.9. The fourth-order valence-corrected chi connectivity index (χ4v) is 1.48. The van der Waals surface area contributed by atoms with Crippen LogP contribution in [-0.4, -0.2) is 9.97 Å². The number of H-pyrrole nitrogens is 1. The number of pyridine rings is 1. The van der Waals surface area contributed by atoms with Crippen molar-refractivity contribution in [3.63, 3.8) is 0 Å². The number of hydrogen-bond donors (Lipinski definition) is 1. The van der Waals surface area contributed by atoms with E-state index < -0.39 is 0 Å². The van der Waals surface area contributed by atoms with Crippen LogP contribution in [0.1, 0.15) is 5.56 Å². The normalized spacial score (nSPS) is 10.9. The van der Waals surface area contributed by atoms with Crippen molar-refractivity contribution < 1.29 is 4.39 Å². The van der Waals surface area contributed by atoms with Gasteiger partial charge in [0, 0.05) is 12.4 Å². The van der Waals surface area contributed by atoms with E-state index in [4.69, 9.17) is 0 Å². The summed E-state index contributed by atoms with van der Waals surface area (Å²) in [7, 11) is 0. The van der Waals surface area contributed by atoms with Crippen LogP contribution in [0.25, 0.3) is 11.0 Å². The maximum atomic E-state index is 13.4. The molecule has 0 radical (unpaired) electrons. The molecule has 1 N–H and O–H groups in total. The fourth-order valence-electron chi connectivity index (χ4n) is 1.18. The van der Waals surface area contributed by atoms with Gasteiger partial charge >= 0.3 is 0 Å². The van der Waals surface area contributed by atoms with Gasteiger partial charge < -0.3 is 4.98 Å². The van der Waals surface area contributed by atoms with Crippen LogP contribution in [0.3, 0.4) is 0 Å². The zero-order valence-electron chi connectivity index (χ0n) is 6.36. The lowest BCUT2D eigenvalue weighted by Crippen LogP contribution is -1.83. The summed E-state index contributed by atoms with van der Waals surface area (Å²) in [6.45, 7) is 1.84. The molecule has 2 nitrogen and oxygen atoms in total. The summed E-state index contributed by atoms with van der Waals surface area (Å²) in [5, 5.41) is 0.560. The molecule has 4 heteroatoms. The Balaban J connectivity index is 2.96. The molecule has 0 unspecified atom stereocenters. The predicted molar refractivity (Wildman–Crippen MR) is 48.5 cm³/mol. The molecule has 0 bridgehead atoms. The van der Waals surface area contributed by atoms with Gasteiger partial charge in [0.1, 0.15) is 11.5 Å². The standard InChI is InChI=1S/C8H6BrFN2/c1-4-2-11-8-6(4)7(10)5(9)3-12-8/h2-3H,1H3,(H,11,12). The van der Waals surface area contributed by atoms with Crippen LogP contribution in [0.5, 0.6) is 0 Å². The minimum atomic E-state index is -0.251. The Morgan fingerprint density at radius 2 is 2.33 bits per heavy atom. The Bertz CT molecular complexity index is 436. The van der Waals surface area contributed by atoms with Crippen molar-refractivity contribution in [1.29, 1.82) is 0 Å². The van der Waals surface area contributed by atoms with Crippen LogP contribution in [0, 0.1) is 12.7 Å². The molecule has 62 valence electrons. The number of nitrogens with one attached hydrogen (secondary N) is 1. The molecule has 0 atom stereocenters. The van der Waals surface area contributed by atoms with E-state index >= 15 is 0 Å². The van der Waals surface area contributed by atoms with Crippen LogP contribution in [0.2, 0.25) is 0 Å². The molecule has 0 saturated heterocycles. The number of halogens is 2. The summed E-state index contributed by atoms with van der Waals surface area (Å²) in [5.41, 5.74) is 1.46. The Hall–Kier alpha value is -0.900. The van der Waals surface area contributed by atoms with Crippen molar-refractivity contribution in [2.75, 3.05) is 0 Å². The highest BCUT2D eigenvalue weighted by Crippen LogP contribution is 2.24. The number of rotatable bonds is 0. The molecule has 0 spiro atoms. The summed E-state index contributed by atoms with van der Waals surface area (Å²) in [5.74, 6) is -0.251. The van der Waals surface area contributed by atoms with Gasteiger partial charge in [-0.2, -0.15) is 0 Å². The van der Waals surface area contributed by atoms with Gasteiger partial charge in [0.05, 0.1) is 9.86 Å². The van der Waals surface area contributed by atoms with E-state index in [2.05, 4.69) is 25.9 Å². The Morgan fingerprint density at radius 3 is 3.08 bits per heavy atom. The number of aromatic nitrogens is 2. The molecule has 0 fully saturated rings. The van der Waals surface area contributed by atoms with Gasteiger partial charge in [-0.25, -0.2) is 9.37 Å². The van der Waals surface area contributed by atoms with E-state index in [9.17, 15) is 4.39 Å². The second-order valence-corrected chi connectivity index (χ2v) is 3.47. The first kappa shape index (κ1) is 7.73. The van der Waals surface area contributed by atoms with Gasteiger partial charge in [0.2, 0.25) is 0 Å². The molecular weight excluding hydrogens is 223 g/mol. The maximum absolute atomic E-state index is 13.4. The molecule has 2 aromatic rings. The van der Waals surface area contributed by atoms with Crippen molar-refractivity contribution >= 4 is 27.0 Å². The summed E-state index contributed by atoms with van der Waals surface area (Å²) in [6.07, 6.45) is 3.20. The van der Waals surface area contributed by atoms with Gasteiger partial charge in [-0.1, -0.05) is 0 Å². The minimum Gasteiger partial charge on any atom is -0.346 e. The van der Waals surface area contributed by atoms with E-state index in [0.717, 1.165) is 5.56 Å². The molecule has 0 saturated carbocycles. The first-order valence-corrected chi connectivity index (χ1v) is 4.27. The van der Waals surface area contributed by atoms with E-state index in [1.165, 1.54) is 6.20 Å². The smallest absolute Gasteiger partial charge is 0.150 e. The van der Waals surface area contributed by atoms with Gasteiger partial charge in [-0.05, 0) is 28.4 Å². The van der Waals surface area contributed by atoms with Crippen LogP contribution in [-0.2, 0) is 0 Å². The lowest BCUT2D eigenvalue weighted by atomic mass is 10.2. The summed E-state index contributed by atoms with van der Waals surface area (Å²) in [4.78, 5) is 6.90. The second-order valence-electron chi connectivity index (χ2n) is 2.62. The lowest BCUT2D eigenvalue weighted by Gasteiger charge is -1.95. The quantitative estimate of drug-likeness (QED) is 0.739. The topological polar surface area (TPSA) is 28.7 Å². The average molecular weight is 229 g/mol. The van der Waals surface area contributed by atoms with Crippen molar-refractivity contribution in [3.05, 3.63) is 28.2 Å². The summed E-state index contributed by atoms with van der Waals surface area (Å²) >= 11 is 3.08. The third-order valence-electron chi connectivity index (χ3n) is 1.79. The molecule has 12 heavy (non-hydrogen) atoms. The Kier molecular flexibility index (Phi) is 1.65. The number of aryl methyl sites for hydroxylation is 1. The van der Waals surface area contributed by atoms with E-state index in [0.29, 0.717) is 15.5 Å². The van der Waals surface area contributed by atoms with Crippen molar-refractivity contribution in [1.82, 2.24) is 9.97 Å². The zero-order valence-corrected chi connectivity index (χ0v) is 7.94. The molecule has 0 aromatic carbocycles. The predicted octanol–water partition coefficient (Wildman–Crippen LogP) is 2.77. The molecule has 0 aliphatic heterocycles. The monoisotopic (exact) mass is 228 g/mol. The third kappa shape index (κ3) is 0.948. The van der Waals surface area contributed by atoms with E-state index in [1.807, 2.05) is 6.92 Å². The van der Waals surface area contributed by atoms with Crippen molar-refractivity contribution in [2.45, 2.75) is 6.92 Å². The Morgan fingerprint density at radius 1 is 1.58 bits per heavy atom. The van der Waals surface area contributed by atoms with Gasteiger partial charge in [0.15, 0.2) is 0 Å². The molecule has 2 heterocycles. The average Bonchev–Trinajstić information content (AvgIpc) is 2.41. The molecule has 0 aliphatic carbocycles. The number of nitrogens with zero attached hydrogens (tertiary/aromatic N) is 1. The maximum Gasteiger partial charge on any atom is 0.150 e. The van der Waals surface area contributed by atoms with E-state index in [1.54, 1.807) is 6.20 Å². The lowest BCUT2D eigenvalue weighted by molar-refractivity contribution is 0.631. The SMILES string of the molecule is Cc1c[nH]c2ncc(Br)c(F)c12. The number of hydrogen-bond acceptors (Lipinski definition) is 1. The van der Waals surface area contributed by atoms with E-state index in [-0.39, 0.29) is 5.82 Å². The van der Waals surface area contributed by atoms with Crippen LogP contribution in [0.15, 0.2) is 16.9 Å². The molecule has 0 amide bonds. The van der Waals surface area contributed by atoms with Crippen LogP contribution in [0.4, 0.5) is 4.39 Å². The largest absolute Gasteiger partial charge is 0.346 e. The summed E-state index contributed by atoms with van der Waals surface area (Å²) < 4.78 is 13.8. The van der Waals surface area contributed by atoms with Crippen molar-refractivity contribution in [3.8, 4) is 0 Å². The van der Waals surface area contributed by atoms with Crippen LogP contribution >= 0.6 is 15.9 Å².